The molecule has 0 fully saturated rings. The van der Waals surface area contributed by atoms with Crippen molar-refractivity contribution in [3.63, 3.8) is 0 Å². The fourth-order valence-corrected chi connectivity index (χ4v) is 3.22. The van der Waals surface area contributed by atoms with Crippen molar-refractivity contribution in [1.82, 2.24) is 0 Å². The maximum Gasteiger partial charge on any atom is 0.205 e. The molecule has 23 heavy (non-hydrogen) atoms. The van der Waals surface area contributed by atoms with Crippen molar-refractivity contribution in [2.45, 2.75) is 12.8 Å². The molecule has 3 N–H and O–H groups in total. The fourth-order valence-electron chi connectivity index (χ4n) is 2.80. The second-order valence-electron chi connectivity index (χ2n) is 5.26. The predicted octanol–water partition coefficient (Wildman–Crippen LogP) is 4.10. The number of hydrogen-bond acceptors (Lipinski definition) is 4. The minimum absolute atomic E-state index is 0.165. The van der Waals surface area contributed by atoms with Crippen LogP contribution in [0.4, 0.5) is 5.69 Å². The molecule has 1 atom stereocenters. The number of nitrogens with one attached hydrogen (secondary N) is 1. The van der Waals surface area contributed by atoms with Crippen LogP contribution in [0.5, 0.6) is 5.75 Å². The first-order valence-corrected chi connectivity index (χ1v) is 8.14. The van der Waals surface area contributed by atoms with Crippen molar-refractivity contribution in [2.75, 3.05) is 11.9 Å². The van der Waals surface area contributed by atoms with Gasteiger partial charge in [0.2, 0.25) is 5.88 Å². The van der Waals surface area contributed by atoms with Crippen LogP contribution in [0.2, 0.25) is 0 Å². The lowest BCUT2D eigenvalue weighted by molar-refractivity contribution is 0.394. The summed E-state index contributed by atoms with van der Waals surface area (Å²) in [4.78, 5) is 0. The van der Waals surface area contributed by atoms with Gasteiger partial charge in [-0.2, -0.15) is 5.26 Å². The van der Waals surface area contributed by atoms with Crippen molar-refractivity contribution in [3.05, 3.63) is 69.5 Å². The number of allylic oxidation sites excluding steroid dienone is 1. The van der Waals surface area contributed by atoms with Crippen molar-refractivity contribution >= 4 is 21.6 Å². The highest BCUT2D eigenvalue weighted by atomic mass is 79.9. The van der Waals surface area contributed by atoms with Gasteiger partial charge in [-0.1, -0.05) is 34.1 Å². The van der Waals surface area contributed by atoms with Crippen LogP contribution in [0.3, 0.4) is 0 Å². The number of ether oxygens (including phenoxy) is 1. The van der Waals surface area contributed by atoms with Crippen LogP contribution in [0.15, 0.2) is 58.4 Å². The lowest BCUT2D eigenvalue weighted by Crippen LogP contribution is -2.21. The SMILES string of the molecule is CCNc1ccc2c(c1)OC(N)=C(C#N)C2c1cccc(Br)c1. The molecule has 2 aromatic rings. The molecular formula is C18H16BrN3O. The van der Waals surface area contributed by atoms with Gasteiger partial charge in [-0.15, -0.1) is 0 Å². The van der Waals surface area contributed by atoms with Gasteiger partial charge in [0.1, 0.15) is 17.4 Å². The summed E-state index contributed by atoms with van der Waals surface area (Å²) in [7, 11) is 0. The van der Waals surface area contributed by atoms with E-state index >= 15 is 0 Å². The Kier molecular flexibility index (Phi) is 4.26. The van der Waals surface area contributed by atoms with Crippen molar-refractivity contribution < 1.29 is 4.74 Å². The topological polar surface area (TPSA) is 71.1 Å². The first-order valence-electron chi connectivity index (χ1n) is 7.35. The normalized spacial score (nSPS) is 16.3. The van der Waals surface area contributed by atoms with Gasteiger partial charge in [0, 0.05) is 28.3 Å². The maximum absolute atomic E-state index is 9.53. The molecule has 1 aliphatic heterocycles. The molecule has 0 aliphatic carbocycles. The molecule has 0 saturated heterocycles. The third-order valence-electron chi connectivity index (χ3n) is 3.78. The summed E-state index contributed by atoms with van der Waals surface area (Å²) in [5.41, 5.74) is 9.34. The Morgan fingerprint density at radius 2 is 2.13 bits per heavy atom. The number of halogens is 1. The minimum Gasteiger partial charge on any atom is -0.440 e. The van der Waals surface area contributed by atoms with Crippen LogP contribution >= 0.6 is 15.9 Å². The van der Waals surface area contributed by atoms with Gasteiger partial charge in [0.25, 0.3) is 0 Å². The molecule has 2 aromatic carbocycles. The number of nitrogens with two attached hydrogens (primary N) is 1. The van der Waals surface area contributed by atoms with E-state index in [1.54, 1.807) is 0 Å². The van der Waals surface area contributed by atoms with Crippen LogP contribution in [0, 0.1) is 11.3 Å². The van der Waals surface area contributed by atoms with E-state index in [1.165, 1.54) is 0 Å². The highest BCUT2D eigenvalue weighted by Gasteiger charge is 2.30. The zero-order valence-electron chi connectivity index (χ0n) is 12.6. The second kappa shape index (κ2) is 6.35. The van der Waals surface area contributed by atoms with E-state index in [0.717, 1.165) is 27.8 Å². The molecule has 0 bridgehead atoms. The quantitative estimate of drug-likeness (QED) is 0.854. The van der Waals surface area contributed by atoms with E-state index < -0.39 is 0 Å². The Hall–Kier alpha value is -2.45. The predicted molar refractivity (Wildman–Crippen MR) is 94.0 cm³/mol. The lowest BCUT2D eigenvalue weighted by Gasteiger charge is -2.27. The van der Waals surface area contributed by atoms with E-state index in [-0.39, 0.29) is 11.8 Å². The van der Waals surface area contributed by atoms with E-state index in [4.69, 9.17) is 10.5 Å². The molecular weight excluding hydrogens is 354 g/mol. The average molecular weight is 370 g/mol. The van der Waals surface area contributed by atoms with Gasteiger partial charge in [-0.25, -0.2) is 0 Å². The summed E-state index contributed by atoms with van der Waals surface area (Å²) < 4.78 is 6.65. The molecule has 1 heterocycles. The van der Waals surface area contributed by atoms with Gasteiger partial charge >= 0.3 is 0 Å². The van der Waals surface area contributed by atoms with Gasteiger partial charge in [0.15, 0.2) is 0 Å². The summed E-state index contributed by atoms with van der Waals surface area (Å²) >= 11 is 3.49. The molecule has 0 radical (unpaired) electrons. The number of fused-ring (bicyclic) bond motifs is 1. The Bertz CT molecular complexity index is 823. The zero-order chi connectivity index (χ0) is 16.4. The fraction of sp³-hybridized carbons (Fsp3) is 0.167. The Labute approximate surface area is 143 Å². The third-order valence-corrected chi connectivity index (χ3v) is 4.28. The zero-order valence-corrected chi connectivity index (χ0v) is 14.2. The standard InChI is InChI=1S/C18H16BrN3O/c1-2-22-13-6-7-14-16(9-13)23-18(21)15(10-20)17(14)11-4-3-5-12(19)8-11/h3-9,17,22H,2,21H2,1H3. The molecule has 3 rings (SSSR count). The van der Waals surface area contributed by atoms with E-state index in [1.807, 2.05) is 49.4 Å². The highest BCUT2D eigenvalue weighted by Crippen LogP contribution is 2.43. The van der Waals surface area contributed by atoms with E-state index in [0.29, 0.717) is 11.3 Å². The molecule has 4 nitrogen and oxygen atoms in total. The largest absolute Gasteiger partial charge is 0.440 e. The van der Waals surface area contributed by atoms with E-state index in [2.05, 4.69) is 27.3 Å². The summed E-state index contributed by atoms with van der Waals surface area (Å²) in [6, 6.07) is 16.0. The highest BCUT2D eigenvalue weighted by molar-refractivity contribution is 9.10. The minimum atomic E-state index is -0.225. The van der Waals surface area contributed by atoms with Gasteiger partial charge in [0.05, 0.1) is 5.92 Å². The van der Waals surface area contributed by atoms with Gasteiger partial charge in [-0.05, 0) is 30.7 Å². The van der Waals surface area contributed by atoms with Crippen LogP contribution < -0.4 is 15.8 Å². The second-order valence-corrected chi connectivity index (χ2v) is 6.18. The molecule has 1 unspecified atom stereocenters. The molecule has 0 aromatic heterocycles. The van der Waals surface area contributed by atoms with Crippen LogP contribution in [-0.2, 0) is 0 Å². The number of rotatable bonds is 3. The summed E-state index contributed by atoms with van der Waals surface area (Å²) in [6.45, 7) is 2.86. The molecule has 1 aliphatic rings. The molecule has 116 valence electrons. The maximum atomic E-state index is 9.53. The van der Waals surface area contributed by atoms with Crippen LogP contribution in [0.1, 0.15) is 24.0 Å². The first-order chi connectivity index (χ1) is 11.1. The lowest BCUT2D eigenvalue weighted by atomic mass is 9.83. The Morgan fingerprint density at radius 3 is 2.83 bits per heavy atom. The number of nitrogens with zero attached hydrogens (tertiary/aromatic N) is 1. The van der Waals surface area contributed by atoms with Crippen molar-refractivity contribution in [3.8, 4) is 11.8 Å². The van der Waals surface area contributed by atoms with Crippen LogP contribution in [0.25, 0.3) is 0 Å². The van der Waals surface area contributed by atoms with Gasteiger partial charge in [-0.3, -0.25) is 0 Å². The van der Waals surface area contributed by atoms with Gasteiger partial charge < -0.3 is 15.8 Å². The summed E-state index contributed by atoms with van der Waals surface area (Å²) in [5, 5.41) is 12.8. The molecule has 0 spiro atoms. The summed E-state index contributed by atoms with van der Waals surface area (Å²) in [6.07, 6.45) is 0. The number of nitriles is 1. The van der Waals surface area contributed by atoms with Crippen molar-refractivity contribution in [2.24, 2.45) is 5.73 Å². The monoisotopic (exact) mass is 369 g/mol. The third kappa shape index (κ3) is 2.90. The average Bonchev–Trinajstić information content (AvgIpc) is 2.53. The number of hydrogen-bond donors (Lipinski definition) is 2. The molecule has 5 heteroatoms. The van der Waals surface area contributed by atoms with E-state index in [9.17, 15) is 5.26 Å². The smallest absolute Gasteiger partial charge is 0.205 e. The van der Waals surface area contributed by atoms with Crippen molar-refractivity contribution in [1.29, 1.82) is 5.26 Å². The first kappa shape index (κ1) is 15.4. The molecule has 0 amide bonds. The number of benzene rings is 2. The number of anilines is 1. The Morgan fingerprint density at radius 1 is 1.30 bits per heavy atom. The Balaban J connectivity index is 2.16. The molecule has 0 saturated carbocycles. The summed E-state index contributed by atoms with van der Waals surface area (Å²) in [5.74, 6) is 0.625. The van der Waals surface area contributed by atoms with Crippen LogP contribution in [-0.4, -0.2) is 6.54 Å².